The van der Waals surface area contributed by atoms with Gasteiger partial charge in [-0.25, -0.2) is 4.98 Å². The minimum absolute atomic E-state index is 0.676. The molecule has 5 heteroatoms. The minimum atomic E-state index is 0.676. The van der Waals surface area contributed by atoms with Crippen LogP contribution in [0.1, 0.15) is 6.42 Å². The highest BCUT2D eigenvalue weighted by atomic mass is 32.1. The molecule has 0 amide bonds. The lowest BCUT2D eigenvalue weighted by atomic mass is 10.2. The molecule has 21 heavy (non-hydrogen) atoms. The summed E-state index contributed by atoms with van der Waals surface area (Å²) < 4.78 is 6.77. The number of para-hydroxylation sites is 1. The molecule has 0 saturated carbocycles. The lowest BCUT2D eigenvalue weighted by Crippen LogP contribution is -2.08. The molecule has 108 valence electrons. The average molecular weight is 299 g/mol. The summed E-state index contributed by atoms with van der Waals surface area (Å²) in [4.78, 5) is 4.29. The van der Waals surface area contributed by atoms with E-state index in [9.17, 15) is 0 Å². The number of aromatic nitrogens is 1. The van der Waals surface area contributed by atoms with Gasteiger partial charge in [0.2, 0.25) is 0 Å². The number of nitrogen functional groups attached to an aromatic ring is 1. The first-order valence-electron chi connectivity index (χ1n) is 6.88. The second-order valence-electron chi connectivity index (χ2n) is 4.67. The van der Waals surface area contributed by atoms with Crippen LogP contribution >= 0.6 is 11.3 Å². The van der Waals surface area contributed by atoms with E-state index >= 15 is 0 Å². The van der Waals surface area contributed by atoms with Crippen molar-refractivity contribution in [2.24, 2.45) is 0 Å². The summed E-state index contributed by atoms with van der Waals surface area (Å²) in [7, 11) is 0. The van der Waals surface area contributed by atoms with Gasteiger partial charge in [-0.15, -0.1) is 11.3 Å². The van der Waals surface area contributed by atoms with Gasteiger partial charge in [0, 0.05) is 6.54 Å². The SMILES string of the molecule is Nc1c(NCCCOc2ccccc2)ccc2scnc12. The van der Waals surface area contributed by atoms with Gasteiger partial charge < -0.3 is 15.8 Å². The summed E-state index contributed by atoms with van der Waals surface area (Å²) in [6.07, 6.45) is 0.906. The number of fused-ring (bicyclic) bond motifs is 1. The van der Waals surface area contributed by atoms with E-state index in [-0.39, 0.29) is 0 Å². The van der Waals surface area contributed by atoms with Crippen LogP contribution in [0.25, 0.3) is 10.2 Å². The van der Waals surface area contributed by atoms with E-state index in [1.807, 2.05) is 48.0 Å². The molecular formula is C16H17N3OS. The third kappa shape index (κ3) is 3.25. The number of hydrogen-bond donors (Lipinski definition) is 2. The average Bonchev–Trinajstić information content (AvgIpc) is 2.99. The predicted octanol–water partition coefficient (Wildman–Crippen LogP) is 3.76. The Morgan fingerprint density at radius 3 is 2.86 bits per heavy atom. The number of rotatable bonds is 6. The summed E-state index contributed by atoms with van der Waals surface area (Å²) in [5, 5.41) is 3.34. The van der Waals surface area contributed by atoms with E-state index < -0.39 is 0 Å². The Balaban J connectivity index is 1.49. The van der Waals surface area contributed by atoms with Gasteiger partial charge in [0.25, 0.3) is 0 Å². The number of hydrogen-bond acceptors (Lipinski definition) is 5. The van der Waals surface area contributed by atoms with Gasteiger partial charge in [0.1, 0.15) is 11.3 Å². The van der Waals surface area contributed by atoms with E-state index in [4.69, 9.17) is 10.5 Å². The number of anilines is 2. The van der Waals surface area contributed by atoms with Gasteiger partial charge in [0.15, 0.2) is 0 Å². The van der Waals surface area contributed by atoms with Gasteiger partial charge in [-0.3, -0.25) is 0 Å². The molecule has 0 spiro atoms. The van der Waals surface area contributed by atoms with Crippen molar-refractivity contribution in [2.45, 2.75) is 6.42 Å². The summed E-state index contributed by atoms with van der Waals surface area (Å²) in [5.74, 6) is 0.904. The number of thiazole rings is 1. The van der Waals surface area contributed by atoms with Crippen molar-refractivity contribution >= 4 is 32.9 Å². The molecule has 1 aromatic heterocycles. The van der Waals surface area contributed by atoms with Gasteiger partial charge in [-0.1, -0.05) is 18.2 Å². The molecule has 0 aliphatic heterocycles. The van der Waals surface area contributed by atoms with Crippen LogP contribution in [0.4, 0.5) is 11.4 Å². The summed E-state index contributed by atoms with van der Waals surface area (Å²) in [6, 6.07) is 13.9. The smallest absolute Gasteiger partial charge is 0.119 e. The van der Waals surface area contributed by atoms with Gasteiger partial charge in [0.05, 0.1) is 28.2 Å². The molecule has 0 bridgehead atoms. The molecule has 0 unspecified atom stereocenters. The largest absolute Gasteiger partial charge is 0.494 e. The Morgan fingerprint density at radius 2 is 2.00 bits per heavy atom. The van der Waals surface area contributed by atoms with Crippen LogP contribution < -0.4 is 15.8 Å². The molecule has 0 saturated heterocycles. The molecule has 3 aromatic rings. The lowest BCUT2D eigenvalue weighted by Gasteiger charge is -2.10. The summed E-state index contributed by atoms with van der Waals surface area (Å²) in [6.45, 7) is 1.49. The highest BCUT2D eigenvalue weighted by molar-refractivity contribution is 7.16. The maximum atomic E-state index is 6.12. The summed E-state index contributed by atoms with van der Waals surface area (Å²) >= 11 is 1.60. The Kier molecular flexibility index (Phi) is 4.21. The number of ether oxygens (including phenoxy) is 1. The van der Waals surface area contributed by atoms with Crippen LogP contribution in [0.3, 0.4) is 0 Å². The second-order valence-corrected chi connectivity index (χ2v) is 5.55. The van der Waals surface area contributed by atoms with Crippen molar-refractivity contribution in [3.05, 3.63) is 48.0 Å². The maximum absolute atomic E-state index is 6.12. The van der Waals surface area contributed by atoms with Gasteiger partial charge >= 0.3 is 0 Å². The highest BCUT2D eigenvalue weighted by Gasteiger charge is 2.06. The molecule has 0 aliphatic rings. The number of nitrogens with zero attached hydrogens (tertiary/aromatic N) is 1. The molecule has 1 heterocycles. The zero-order valence-electron chi connectivity index (χ0n) is 11.6. The number of benzene rings is 2. The van der Waals surface area contributed by atoms with Crippen molar-refractivity contribution in [1.82, 2.24) is 4.98 Å². The molecule has 0 fully saturated rings. The lowest BCUT2D eigenvalue weighted by molar-refractivity contribution is 0.315. The molecule has 0 atom stereocenters. The zero-order valence-corrected chi connectivity index (χ0v) is 12.4. The third-order valence-corrected chi connectivity index (χ3v) is 3.98. The maximum Gasteiger partial charge on any atom is 0.119 e. The normalized spacial score (nSPS) is 10.7. The van der Waals surface area contributed by atoms with Gasteiger partial charge in [-0.2, -0.15) is 0 Å². The number of nitrogens with one attached hydrogen (secondary N) is 1. The van der Waals surface area contributed by atoms with Crippen molar-refractivity contribution < 1.29 is 4.74 Å². The highest BCUT2D eigenvalue weighted by Crippen LogP contribution is 2.29. The van der Waals surface area contributed by atoms with Crippen LogP contribution in [-0.4, -0.2) is 18.1 Å². The first-order chi connectivity index (χ1) is 10.3. The van der Waals surface area contributed by atoms with E-state index in [0.717, 1.165) is 40.3 Å². The Hall–Kier alpha value is -2.27. The molecule has 4 nitrogen and oxygen atoms in total. The molecule has 3 N–H and O–H groups in total. The standard InChI is InChI=1S/C16H17N3OS/c17-15-13(7-8-14-16(15)19-11-21-14)18-9-4-10-20-12-5-2-1-3-6-12/h1-3,5-8,11,18H,4,9-10,17H2. The number of nitrogens with two attached hydrogens (primary N) is 1. The first kappa shape index (κ1) is 13.7. The van der Waals surface area contributed by atoms with Crippen LogP contribution in [0, 0.1) is 0 Å². The van der Waals surface area contributed by atoms with Crippen molar-refractivity contribution in [3.63, 3.8) is 0 Å². The Labute approximate surface area is 127 Å². The molecule has 3 rings (SSSR count). The third-order valence-electron chi connectivity index (χ3n) is 3.19. The van der Waals surface area contributed by atoms with Crippen LogP contribution in [0.15, 0.2) is 48.0 Å². The van der Waals surface area contributed by atoms with Gasteiger partial charge in [-0.05, 0) is 30.7 Å². The second kappa shape index (κ2) is 6.45. The fourth-order valence-electron chi connectivity index (χ4n) is 2.11. The predicted molar refractivity (Wildman–Crippen MR) is 89.1 cm³/mol. The van der Waals surface area contributed by atoms with E-state index in [1.54, 1.807) is 11.3 Å². The monoisotopic (exact) mass is 299 g/mol. The molecule has 0 radical (unpaired) electrons. The van der Waals surface area contributed by atoms with E-state index in [0.29, 0.717) is 6.61 Å². The van der Waals surface area contributed by atoms with Crippen LogP contribution in [-0.2, 0) is 0 Å². The molecule has 2 aromatic carbocycles. The topological polar surface area (TPSA) is 60.2 Å². The summed E-state index contributed by atoms with van der Waals surface area (Å²) in [5.41, 5.74) is 10.5. The van der Waals surface area contributed by atoms with Crippen molar-refractivity contribution in [3.8, 4) is 5.75 Å². The Morgan fingerprint density at radius 1 is 1.14 bits per heavy atom. The zero-order chi connectivity index (χ0) is 14.5. The molecule has 0 aliphatic carbocycles. The first-order valence-corrected chi connectivity index (χ1v) is 7.76. The van der Waals surface area contributed by atoms with E-state index in [1.165, 1.54) is 0 Å². The van der Waals surface area contributed by atoms with Crippen LogP contribution in [0.5, 0.6) is 5.75 Å². The minimum Gasteiger partial charge on any atom is -0.494 e. The van der Waals surface area contributed by atoms with E-state index in [2.05, 4.69) is 10.3 Å². The fourth-order valence-corrected chi connectivity index (χ4v) is 2.80. The van der Waals surface area contributed by atoms with Crippen LogP contribution in [0.2, 0.25) is 0 Å². The Bertz CT molecular complexity index is 712. The quantitative estimate of drug-likeness (QED) is 0.537. The fraction of sp³-hybridized carbons (Fsp3) is 0.188. The molecular weight excluding hydrogens is 282 g/mol. The van der Waals surface area contributed by atoms with Crippen molar-refractivity contribution in [1.29, 1.82) is 0 Å². The van der Waals surface area contributed by atoms with Crippen molar-refractivity contribution in [2.75, 3.05) is 24.2 Å².